The fourth-order valence-corrected chi connectivity index (χ4v) is 1.96. The van der Waals surface area contributed by atoms with E-state index in [1.165, 1.54) is 0 Å². The van der Waals surface area contributed by atoms with E-state index in [1.807, 2.05) is 23.6 Å². The van der Waals surface area contributed by atoms with Gasteiger partial charge in [0.2, 0.25) is 0 Å². The molecule has 2 aromatic heterocycles. The van der Waals surface area contributed by atoms with Crippen molar-refractivity contribution in [3.05, 3.63) is 48.3 Å². The van der Waals surface area contributed by atoms with Crippen LogP contribution in [0, 0.1) is 0 Å². The normalized spacial score (nSPS) is 12.2. The Bertz CT molecular complexity index is 566. The monoisotopic (exact) mass is 273 g/mol. The number of carbonyl (C=O) groups excluding carboxylic acids is 1. The number of nitrogens with two attached hydrogens (primary N) is 1. The number of hydrogen-bond acceptors (Lipinski definition) is 4. The van der Waals surface area contributed by atoms with Crippen LogP contribution in [0.4, 0.5) is 0 Å². The molecular weight excluding hydrogens is 254 g/mol. The largest absolute Gasteiger partial charge is 0.335 e. The Kier molecular flexibility index (Phi) is 4.47. The van der Waals surface area contributed by atoms with Crippen molar-refractivity contribution >= 4 is 5.91 Å². The quantitative estimate of drug-likeness (QED) is 0.884. The fraction of sp³-hybridized carbons (Fsp3) is 0.357. The molecule has 0 saturated carbocycles. The number of imidazole rings is 1. The topological polar surface area (TPSA) is 77.0 Å². The molecule has 6 heteroatoms. The van der Waals surface area contributed by atoms with Crippen LogP contribution in [0.5, 0.6) is 0 Å². The zero-order valence-corrected chi connectivity index (χ0v) is 11.7. The Morgan fingerprint density at radius 3 is 2.80 bits per heavy atom. The van der Waals surface area contributed by atoms with Crippen LogP contribution >= 0.6 is 0 Å². The van der Waals surface area contributed by atoms with Crippen LogP contribution in [0.2, 0.25) is 0 Å². The maximum Gasteiger partial charge on any atom is 0.274 e. The molecule has 0 saturated heterocycles. The highest BCUT2D eigenvalue weighted by molar-refractivity contribution is 5.92. The molecule has 2 rings (SSSR count). The van der Waals surface area contributed by atoms with Crippen LogP contribution < -0.4 is 5.73 Å². The molecule has 0 aliphatic carbocycles. The Labute approximate surface area is 118 Å². The van der Waals surface area contributed by atoms with E-state index in [1.54, 1.807) is 36.9 Å². The molecule has 2 heterocycles. The van der Waals surface area contributed by atoms with Crippen molar-refractivity contribution in [3.63, 3.8) is 0 Å². The lowest BCUT2D eigenvalue weighted by Crippen LogP contribution is -2.30. The fourth-order valence-electron chi connectivity index (χ4n) is 1.96. The molecule has 0 aromatic carbocycles. The highest BCUT2D eigenvalue weighted by Gasteiger charge is 2.20. The summed E-state index contributed by atoms with van der Waals surface area (Å²) < 4.78 is 1.82. The number of pyridine rings is 1. The Hall–Kier alpha value is -2.21. The molecule has 0 fully saturated rings. The zero-order valence-electron chi connectivity index (χ0n) is 11.7. The van der Waals surface area contributed by atoms with Crippen LogP contribution in [-0.2, 0) is 6.54 Å². The van der Waals surface area contributed by atoms with E-state index in [2.05, 4.69) is 9.97 Å². The van der Waals surface area contributed by atoms with E-state index >= 15 is 0 Å². The second-order valence-electron chi connectivity index (χ2n) is 4.66. The Balaban J connectivity index is 2.11. The van der Waals surface area contributed by atoms with E-state index < -0.39 is 0 Å². The molecule has 0 radical (unpaired) electrons. The molecule has 0 bridgehead atoms. The van der Waals surface area contributed by atoms with E-state index in [0.29, 0.717) is 18.8 Å². The van der Waals surface area contributed by atoms with Gasteiger partial charge in [0.15, 0.2) is 0 Å². The summed E-state index contributed by atoms with van der Waals surface area (Å²) in [6.07, 6.45) is 6.80. The first kappa shape index (κ1) is 14.2. The third-order valence-corrected chi connectivity index (χ3v) is 3.33. The van der Waals surface area contributed by atoms with Crippen molar-refractivity contribution < 1.29 is 4.79 Å². The second kappa shape index (κ2) is 6.29. The molecule has 6 nitrogen and oxygen atoms in total. The van der Waals surface area contributed by atoms with Gasteiger partial charge in [-0.3, -0.25) is 9.78 Å². The minimum absolute atomic E-state index is 0.0369. The average Bonchev–Trinajstić information content (AvgIpc) is 2.95. The van der Waals surface area contributed by atoms with Crippen molar-refractivity contribution in [1.29, 1.82) is 0 Å². The van der Waals surface area contributed by atoms with Gasteiger partial charge in [0.05, 0.1) is 12.4 Å². The summed E-state index contributed by atoms with van der Waals surface area (Å²) in [5.41, 5.74) is 6.95. The van der Waals surface area contributed by atoms with Gasteiger partial charge in [-0.25, -0.2) is 4.98 Å². The zero-order chi connectivity index (χ0) is 14.5. The molecule has 106 valence electrons. The number of nitrogens with zero attached hydrogens (tertiary/aromatic N) is 4. The third-order valence-electron chi connectivity index (χ3n) is 3.33. The lowest BCUT2D eigenvalue weighted by molar-refractivity contribution is 0.0737. The summed E-state index contributed by atoms with van der Waals surface area (Å²) >= 11 is 0. The molecule has 1 unspecified atom stereocenters. The van der Waals surface area contributed by atoms with Crippen LogP contribution in [-0.4, -0.2) is 38.9 Å². The Morgan fingerprint density at radius 1 is 1.45 bits per heavy atom. The average molecular weight is 273 g/mol. The van der Waals surface area contributed by atoms with E-state index in [9.17, 15) is 4.79 Å². The van der Waals surface area contributed by atoms with Crippen molar-refractivity contribution in [3.8, 4) is 0 Å². The maximum absolute atomic E-state index is 12.4. The van der Waals surface area contributed by atoms with Crippen molar-refractivity contribution in [2.45, 2.75) is 19.5 Å². The minimum Gasteiger partial charge on any atom is -0.335 e. The molecule has 2 N–H and O–H groups in total. The summed E-state index contributed by atoms with van der Waals surface area (Å²) in [6, 6.07) is 3.77. The number of carbonyl (C=O) groups is 1. The van der Waals surface area contributed by atoms with E-state index in [0.717, 1.165) is 5.56 Å². The van der Waals surface area contributed by atoms with Crippen molar-refractivity contribution in [1.82, 2.24) is 19.4 Å². The number of amides is 1. The van der Waals surface area contributed by atoms with E-state index in [-0.39, 0.29) is 11.9 Å². The first-order valence-electron chi connectivity index (χ1n) is 6.52. The van der Waals surface area contributed by atoms with Crippen LogP contribution in [0.15, 0.2) is 37.1 Å². The minimum atomic E-state index is -0.106. The van der Waals surface area contributed by atoms with Gasteiger partial charge >= 0.3 is 0 Å². The summed E-state index contributed by atoms with van der Waals surface area (Å²) in [5.74, 6) is -0.106. The lowest BCUT2D eigenvalue weighted by Gasteiger charge is -2.24. The Morgan fingerprint density at radius 2 is 2.15 bits per heavy atom. The third kappa shape index (κ3) is 3.03. The second-order valence-corrected chi connectivity index (χ2v) is 4.66. The van der Waals surface area contributed by atoms with Gasteiger partial charge in [-0.05, 0) is 24.6 Å². The van der Waals surface area contributed by atoms with Gasteiger partial charge in [0, 0.05) is 38.7 Å². The molecule has 0 spiro atoms. The number of aromatic nitrogens is 3. The summed E-state index contributed by atoms with van der Waals surface area (Å²) in [5, 5.41) is 0. The number of hydrogen-bond donors (Lipinski definition) is 1. The molecule has 1 amide bonds. The summed E-state index contributed by atoms with van der Waals surface area (Å²) in [6.45, 7) is 3.15. The molecule has 20 heavy (non-hydrogen) atoms. The highest BCUT2D eigenvalue weighted by Crippen LogP contribution is 2.19. The number of rotatable bonds is 5. The van der Waals surface area contributed by atoms with Gasteiger partial charge in [0.25, 0.3) is 5.91 Å². The molecule has 0 aliphatic heterocycles. The molecule has 1 atom stereocenters. The predicted molar refractivity (Wildman–Crippen MR) is 76.0 cm³/mol. The predicted octanol–water partition coefficient (Wildman–Crippen LogP) is 1.07. The van der Waals surface area contributed by atoms with Gasteiger partial charge in [-0.15, -0.1) is 0 Å². The van der Waals surface area contributed by atoms with Gasteiger partial charge < -0.3 is 15.2 Å². The molecule has 2 aromatic rings. The molecular formula is C14H19N5O. The van der Waals surface area contributed by atoms with Gasteiger partial charge in [0.1, 0.15) is 5.69 Å². The standard InChI is InChI=1S/C14H19N5O/c1-11(12-3-6-16-7-4-12)18(2)14(20)13-9-19(8-5-15)10-17-13/h3-4,6-7,9-11H,5,8,15H2,1-2H3. The van der Waals surface area contributed by atoms with Crippen molar-refractivity contribution in [2.24, 2.45) is 5.73 Å². The summed E-state index contributed by atoms with van der Waals surface area (Å²) in [7, 11) is 1.77. The van der Waals surface area contributed by atoms with Crippen LogP contribution in [0.3, 0.4) is 0 Å². The van der Waals surface area contributed by atoms with Gasteiger partial charge in [-0.1, -0.05) is 0 Å². The lowest BCUT2D eigenvalue weighted by atomic mass is 10.1. The smallest absolute Gasteiger partial charge is 0.274 e. The SMILES string of the molecule is CC(c1ccncc1)N(C)C(=O)c1cn(CCN)cn1. The highest BCUT2D eigenvalue weighted by atomic mass is 16.2. The summed E-state index contributed by atoms with van der Waals surface area (Å²) in [4.78, 5) is 22.2. The molecule has 0 aliphatic rings. The first-order chi connectivity index (χ1) is 9.63. The van der Waals surface area contributed by atoms with Crippen molar-refractivity contribution in [2.75, 3.05) is 13.6 Å². The first-order valence-corrected chi connectivity index (χ1v) is 6.52. The van der Waals surface area contributed by atoms with E-state index in [4.69, 9.17) is 5.73 Å². The van der Waals surface area contributed by atoms with Crippen LogP contribution in [0.25, 0.3) is 0 Å². The van der Waals surface area contributed by atoms with Crippen LogP contribution in [0.1, 0.15) is 29.0 Å². The van der Waals surface area contributed by atoms with Gasteiger partial charge in [-0.2, -0.15) is 0 Å². The maximum atomic E-state index is 12.4.